The number of ketones is 2. The van der Waals surface area contributed by atoms with Crippen molar-refractivity contribution in [3.05, 3.63) is 29.8 Å². The normalized spacial score (nSPS) is 20.6. The summed E-state index contributed by atoms with van der Waals surface area (Å²) in [5.74, 6) is -0.983. The summed E-state index contributed by atoms with van der Waals surface area (Å²) in [7, 11) is 1.19. The summed E-state index contributed by atoms with van der Waals surface area (Å²) in [5, 5.41) is 0. The summed E-state index contributed by atoms with van der Waals surface area (Å²) >= 11 is 0. The zero-order chi connectivity index (χ0) is 14.0. The molecule has 1 atom stereocenters. The van der Waals surface area contributed by atoms with Gasteiger partial charge < -0.3 is 14.3 Å². The van der Waals surface area contributed by atoms with Crippen LogP contribution in [-0.2, 0) is 14.3 Å². The number of hydrogen-bond donors (Lipinski definition) is 0. The van der Waals surface area contributed by atoms with E-state index in [-0.39, 0.29) is 18.6 Å². The average Bonchev–Trinajstić information content (AvgIpc) is 2.70. The first-order valence-corrected chi connectivity index (χ1v) is 5.92. The highest BCUT2D eigenvalue weighted by Gasteiger charge is 2.54. The molecule has 1 aliphatic rings. The standard InChI is InChI=1S/C14H14O5/c1-9(15)7-8-14(13(17)18-2)12(16)10-5-3-4-6-11(10)19-14/h3-6H,7-8H2,1-2H3. The molecule has 0 saturated heterocycles. The van der Waals surface area contributed by atoms with Crippen molar-refractivity contribution >= 4 is 17.5 Å². The summed E-state index contributed by atoms with van der Waals surface area (Å²) in [6.45, 7) is 1.40. The fourth-order valence-electron chi connectivity index (χ4n) is 2.11. The van der Waals surface area contributed by atoms with Crippen LogP contribution < -0.4 is 4.74 Å². The molecule has 1 unspecified atom stereocenters. The Morgan fingerprint density at radius 3 is 2.58 bits per heavy atom. The molecular formula is C14H14O5. The van der Waals surface area contributed by atoms with Crippen LogP contribution in [0.2, 0.25) is 0 Å². The Hall–Kier alpha value is -2.17. The first-order chi connectivity index (χ1) is 9.01. The predicted octanol–water partition coefficient (Wildman–Crippen LogP) is 1.54. The molecular weight excluding hydrogens is 248 g/mol. The number of ether oxygens (including phenoxy) is 2. The van der Waals surface area contributed by atoms with E-state index in [4.69, 9.17) is 4.74 Å². The van der Waals surface area contributed by atoms with Crippen molar-refractivity contribution < 1.29 is 23.9 Å². The highest BCUT2D eigenvalue weighted by molar-refractivity contribution is 6.19. The Balaban J connectivity index is 2.39. The number of carbonyl (C=O) groups excluding carboxylic acids is 3. The quantitative estimate of drug-likeness (QED) is 0.608. The van der Waals surface area contributed by atoms with Gasteiger partial charge in [-0.25, -0.2) is 4.79 Å². The first kappa shape index (κ1) is 13.3. The zero-order valence-electron chi connectivity index (χ0n) is 10.8. The molecule has 0 aromatic heterocycles. The third-order valence-electron chi connectivity index (χ3n) is 3.13. The molecule has 5 nitrogen and oxygen atoms in total. The second-order valence-electron chi connectivity index (χ2n) is 4.45. The van der Waals surface area contributed by atoms with E-state index >= 15 is 0 Å². The fraction of sp³-hybridized carbons (Fsp3) is 0.357. The number of benzene rings is 1. The predicted molar refractivity (Wildman–Crippen MR) is 66.1 cm³/mol. The van der Waals surface area contributed by atoms with Crippen molar-refractivity contribution in [1.29, 1.82) is 0 Å². The molecule has 0 N–H and O–H groups in total. The van der Waals surface area contributed by atoms with Crippen molar-refractivity contribution in [3.63, 3.8) is 0 Å². The highest BCUT2D eigenvalue weighted by Crippen LogP contribution is 2.38. The summed E-state index contributed by atoms with van der Waals surface area (Å²) in [6, 6.07) is 6.62. The molecule has 0 aliphatic carbocycles. The average molecular weight is 262 g/mol. The maximum Gasteiger partial charge on any atom is 0.358 e. The van der Waals surface area contributed by atoms with Crippen LogP contribution in [0.3, 0.4) is 0 Å². The topological polar surface area (TPSA) is 69.7 Å². The van der Waals surface area contributed by atoms with E-state index < -0.39 is 17.4 Å². The van der Waals surface area contributed by atoms with E-state index in [1.807, 2.05) is 0 Å². The molecule has 1 aromatic carbocycles. The molecule has 0 bridgehead atoms. The summed E-state index contributed by atoms with van der Waals surface area (Å²) < 4.78 is 10.2. The Bertz CT molecular complexity index is 549. The van der Waals surface area contributed by atoms with Gasteiger partial charge in [0.2, 0.25) is 5.78 Å². The second kappa shape index (κ2) is 4.84. The van der Waals surface area contributed by atoms with Crippen LogP contribution in [0.5, 0.6) is 5.75 Å². The van der Waals surface area contributed by atoms with E-state index in [0.717, 1.165) is 0 Å². The smallest absolute Gasteiger partial charge is 0.358 e. The lowest BCUT2D eigenvalue weighted by atomic mass is 9.90. The number of Topliss-reactive ketones (excluding diaryl/α,β-unsaturated/α-hetero) is 2. The van der Waals surface area contributed by atoms with Gasteiger partial charge in [0.25, 0.3) is 5.60 Å². The van der Waals surface area contributed by atoms with Crippen LogP contribution in [0.1, 0.15) is 30.1 Å². The first-order valence-electron chi connectivity index (χ1n) is 5.92. The van der Waals surface area contributed by atoms with Crippen molar-refractivity contribution in [2.24, 2.45) is 0 Å². The Labute approximate surface area is 110 Å². The van der Waals surface area contributed by atoms with E-state index in [0.29, 0.717) is 11.3 Å². The lowest BCUT2D eigenvalue weighted by molar-refractivity contribution is -0.154. The monoisotopic (exact) mass is 262 g/mol. The van der Waals surface area contributed by atoms with Gasteiger partial charge in [-0.1, -0.05) is 12.1 Å². The molecule has 0 amide bonds. The largest absolute Gasteiger partial charge is 0.466 e. The van der Waals surface area contributed by atoms with Gasteiger partial charge in [-0.05, 0) is 19.1 Å². The maximum absolute atomic E-state index is 12.4. The molecule has 0 fully saturated rings. The van der Waals surface area contributed by atoms with Gasteiger partial charge in [0.05, 0.1) is 12.7 Å². The summed E-state index contributed by atoms with van der Waals surface area (Å²) in [4.78, 5) is 35.5. The lowest BCUT2D eigenvalue weighted by Gasteiger charge is -2.23. The lowest BCUT2D eigenvalue weighted by Crippen LogP contribution is -2.49. The molecule has 1 aliphatic heterocycles. The van der Waals surface area contributed by atoms with Crippen LogP contribution in [0.4, 0.5) is 0 Å². The van der Waals surface area contributed by atoms with Crippen LogP contribution in [-0.4, -0.2) is 30.2 Å². The van der Waals surface area contributed by atoms with Gasteiger partial charge in [0, 0.05) is 12.8 Å². The maximum atomic E-state index is 12.4. The van der Waals surface area contributed by atoms with Gasteiger partial charge >= 0.3 is 5.97 Å². The van der Waals surface area contributed by atoms with Gasteiger partial charge in [0.1, 0.15) is 11.5 Å². The number of esters is 1. The summed E-state index contributed by atoms with van der Waals surface area (Å²) in [6.07, 6.45) is 0.0668. The fourth-order valence-corrected chi connectivity index (χ4v) is 2.11. The Morgan fingerprint density at radius 2 is 2.00 bits per heavy atom. The minimum absolute atomic E-state index is 0.0114. The van der Waals surface area contributed by atoms with Gasteiger partial charge in [-0.2, -0.15) is 0 Å². The van der Waals surface area contributed by atoms with Crippen molar-refractivity contribution in [2.75, 3.05) is 7.11 Å². The second-order valence-corrected chi connectivity index (χ2v) is 4.45. The number of hydrogen-bond acceptors (Lipinski definition) is 5. The molecule has 1 heterocycles. The SMILES string of the molecule is COC(=O)C1(CCC(C)=O)Oc2ccccc2C1=O. The third kappa shape index (κ3) is 2.12. The van der Waals surface area contributed by atoms with Crippen molar-refractivity contribution in [3.8, 4) is 5.75 Å². The van der Waals surface area contributed by atoms with E-state index in [9.17, 15) is 14.4 Å². The molecule has 19 heavy (non-hydrogen) atoms. The molecule has 2 rings (SSSR count). The minimum Gasteiger partial charge on any atom is -0.466 e. The molecule has 0 spiro atoms. The van der Waals surface area contributed by atoms with E-state index in [2.05, 4.69) is 4.74 Å². The molecule has 0 saturated carbocycles. The Kier molecular flexibility index (Phi) is 3.38. The van der Waals surface area contributed by atoms with Gasteiger partial charge in [0.15, 0.2) is 0 Å². The molecule has 1 aromatic rings. The van der Waals surface area contributed by atoms with Crippen LogP contribution in [0, 0.1) is 0 Å². The number of carbonyl (C=O) groups is 3. The number of rotatable bonds is 4. The van der Waals surface area contributed by atoms with Crippen LogP contribution >= 0.6 is 0 Å². The Morgan fingerprint density at radius 1 is 1.32 bits per heavy atom. The molecule has 100 valence electrons. The zero-order valence-corrected chi connectivity index (χ0v) is 10.8. The van der Waals surface area contributed by atoms with Crippen molar-refractivity contribution in [1.82, 2.24) is 0 Å². The number of methoxy groups -OCH3 is 1. The molecule has 0 radical (unpaired) electrons. The minimum atomic E-state index is -1.72. The van der Waals surface area contributed by atoms with Crippen LogP contribution in [0.15, 0.2) is 24.3 Å². The summed E-state index contributed by atoms with van der Waals surface area (Å²) in [5.41, 5.74) is -1.37. The van der Waals surface area contributed by atoms with E-state index in [1.54, 1.807) is 24.3 Å². The van der Waals surface area contributed by atoms with Gasteiger partial charge in [-0.3, -0.25) is 4.79 Å². The van der Waals surface area contributed by atoms with E-state index in [1.165, 1.54) is 14.0 Å². The van der Waals surface area contributed by atoms with Crippen molar-refractivity contribution in [2.45, 2.75) is 25.4 Å². The number of fused-ring (bicyclic) bond motifs is 1. The highest BCUT2D eigenvalue weighted by atomic mass is 16.6. The van der Waals surface area contributed by atoms with Crippen LogP contribution in [0.25, 0.3) is 0 Å². The van der Waals surface area contributed by atoms with Gasteiger partial charge in [-0.15, -0.1) is 0 Å². The third-order valence-corrected chi connectivity index (χ3v) is 3.13. The molecule has 5 heteroatoms. The number of para-hydroxylation sites is 1.